The quantitative estimate of drug-likeness (QED) is 0.225. The highest BCUT2D eigenvalue weighted by Crippen LogP contribution is 2.13. The summed E-state index contributed by atoms with van der Waals surface area (Å²) in [5, 5.41) is 11.1. The van der Waals surface area contributed by atoms with E-state index in [1.807, 2.05) is 23.7 Å². The third kappa shape index (κ3) is 8.01. The molecule has 28 heavy (non-hydrogen) atoms. The summed E-state index contributed by atoms with van der Waals surface area (Å²) in [6.07, 6.45) is 2.68. The zero-order valence-electron chi connectivity index (χ0n) is 17.1. The number of hydrogen-bond acceptors (Lipinski definition) is 5. The largest absolute Gasteiger partial charge is 0.475 e. The van der Waals surface area contributed by atoms with Crippen molar-refractivity contribution >= 4 is 29.9 Å². The molecule has 0 aromatic carbocycles. The fourth-order valence-corrected chi connectivity index (χ4v) is 2.65. The second-order valence-corrected chi connectivity index (χ2v) is 6.17. The molecule has 2 heterocycles. The minimum Gasteiger partial charge on any atom is -0.475 e. The molecular weight excluding hydrogens is 471 g/mol. The number of nitrogens with zero attached hydrogens (tertiary/aromatic N) is 4. The van der Waals surface area contributed by atoms with Crippen LogP contribution in [0.2, 0.25) is 0 Å². The molecule has 0 aliphatic rings. The van der Waals surface area contributed by atoms with Crippen molar-refractivity contribution in [1.29, 1.82) is 0 Å². The Kier molecular flexibility index (Phi) is 11.5. The monoisotopic (exact) mass is 502 g/mol. The second-order valence-electron chi connectivity index (χ2n) is 6.17. The average molecular weight is 502 g/mol. The minimum atomic E-state index is 0. The molecule has 0 radical (unpaired) electrons. The lowest BCUT2D eigenvalue weighted by molar-refractivity contribution is 0.143. The summed E-state index contributed by atoms with van der Waals surface area (Å²) < 4.78 is 12.7. The normalized spacial score (nSPS) is 11.1. The van der Waals surface area contributed by atoms with Gasteiger partial charge >= 0.3 is 0 Å². The van der Waals surface area contributed by atoms with Crippen LogP contribution in [0.4, 0.5) is 0 Å². The molecule has 2 rings (SSSR count). The van der Waals surface area contributed by atoms with Gasteiger partial charge in [0.2, 0.25) is 5.88 Å². The Morgan fingerprint density at radius 2 is 2.07 bits per heavy atom. The highest BCUT2D eigenvalue weighted by Gasteiger charge is 2.06. The molecule has 0 aliphatic carbocycles. The SMILES string of the molecule is CN=C(NCCCn1nc(C)cc1C)NCc1cccnc1OCCOC.I. The van der Waals surface area contributed by atoms with Crippen LogP contribution < -0.4 is 15.4 Å². The Bertz CT molecular complexity index is 735. The molecule has 0 spiro atoms. The van der Waals surface area contributed by atoms with Crippen LogP contribution >= 0.6 is 24.0 Å². The van der Waals surface area contributed by atoms with E-state index in [1.165, 1.54) is 5.69 Å². The lowest BCUT2D eigenvalue weighted by atomic mass is 10.2. The molecule has 2 aromatic heterocycles. The molecule has 8 nitrogen and oxygen atoms in total. The van der Waals surface area contributed by atoms with E-state index in [-0.39, 0.29) is 24.0 Å². The van der Waals surface area contributed by atoms with Gasteiger partial charge in [-0.05, 0) is 32.4 Å². The van der Waals surface area contributed by atoms with Gasteiger partial charge in [0.25, 0.3) is 0 Å². The van der Waals surface area contributed by atoms with Gasteiger partial charge in [0.15, 0.2) is 5.96 Å². The van der Waals surface area contributed by atoms with Crippen LogP contribution in [-0.4, -0.2) is 54.6 Å². The molecule has 0 aliphatic heterocycles. The molecule has 2 aromatic rings. The number of methoxy groups -OCH3 is 1. The maximum atomic E-state index is 5.66. The highest BCUT2D eigenvalue weighted by atomic mass is 127. The van der Waals surface area contributed by atoms with E-state index < -0.39 is 0 Å². The van der Waals surface area contributed by atoms with Gasteiger partial charge in [-0.3, -0.25) is 9.67 Å². The Morgan fingerprint density at radius 1 is 1.25 bits per heavy atom. The number of aryl methyl sites for hydroxylation is 3. The molecule has 2 N–H and O–H groups in total. The van der Waals surface area contributed by atoms with E-state index in [2.05, 4.69) is 38.7 Å². The van der Waals surface area contributed by atoms with Crippen LogP contribution in [0.3, 0.4) is 0 Å². The number of aromatic nitrogens is 3. The fourth-order valence-electron chi connectivity index (χ4n) is 2.65. The van der Waals surface area contributed by atoms with E-state index in [4.69, 9.17) is 9.47 Å². The number of halogens is 1. The van der Waals surface area contributed by atoms with Gasteiger partial charge in [0.1, 0.15) is 6.61 Å². The highest BCUT2D eigenvalue weighted by molar-refractivity contribution is 14.0. The van der Waals surface area contributed by atoms with Gasteiger partial charge in [-0.25, -0.2) is 4.98 Å². The summed E-state index contributed by atoms with van der Waals surface area (Å²) in [5.74, 6) is 1.36. The molecule has 0 atom stereocenters. The van der Waals surface area contributed by atoms with Crippen molar-refractivity contribution in [3.8, 4) is 5.88 Å². The Balaban J connectivity index is 0.00000392. The number of rotatable bonds is 10. The summed E-state index contributed by atoms with van der Waals surface area (Å²) in [5.41, 5.74) is 3.21. The van der Waals surface area contributed by atoms with Crippen LogP contribution in [0.5, 0.6) is 5.88 Å². The summed E-state index contributed by atoms with van der Waals surface area (Å²) >= 11 is 0. The molecule has 0 saturated heterocycles. The van der Waals surface area contributed by atoms with Crippen molar-refractivity contribution in [2.45, 2.75) is 33.4 Å². The fraction of sp³-hybridized carbons (Fsp3) is 0.526. The van der Waals surface area contributed by atoms with Gasteiger partial charge in [-0.2, -0.15) is 5.10 Å². The molecule has 156 valence electrons. The third-order valence-electron chi connectivity index (χ3n) is 3.99. The van der Waals surface area contributed by atoms with E-state index in [9.17, 15) is 0 Å². The number of hydrogen-bond donors (Lipinski definition) is 2. The van der Waals surface area contributed by atoms with E-state index >= 15 is 0 Å². The number of pyridine rings is 1. The van der Waals surface area contributed by atoms with Crippen molar-refractivity contribution in [3.63, 3.8) is 0 Å². The number of aliphatic imine (C=N–C) groups is 1. The zero-order valence-corrected chi connectivity index (χ0v) is 19.4. The van der Waals surface area contributed by atoms with E-state index in [1.54, 1.807) is 20.4 Å². The topological polar surface area (TPSA) is 85.6 Å². The van der Waals surface area contributed by atoms with Crippen LogP contribution in [0, 0.1) is 13.8 Å². The predicted octanol–water partition coefficient (Wildman–Crippen LogP) is 2.29. The van der Waals surface area contributed by atoms with Crippen molar-refractivity contribution in [2.24, 2.45) is 4.99 Å². The lowest BCUT2D eigenvalue weighted by Crippen LogP contribution is -2.37. The van der Waals surface area contributed by atoms with Gasteiger partial charge in [0.05, 0.1) is 12.3 Å². The number of nitrogens with one attached hydrogen (secondary N) is 2. The van der Waals surface area contributed by atoms with Gasteiger partial charge in [0, 0.05) is 51.2 Å². The Morgan fingerprint density at radius 3 is 2.75 bits per heavy atom. The number of guanidine groups is 1. The molecule has 0 amide bonds. The maximum Gasteiger partial charge on any atom is 0.218 e. The van der Waals surface area contributed by atoms with Crippen LogP contribution in [0.1, 0.15) is 23.4 Å². The van der Waals surface area contributed by atoms with Crippen LogP contribution in [-0.2, 0) is 17.8 Å². The molecule has 9 heteroatoms. The molecular formula is C19H31IN6O2. The Hall–Kier alpha value is -1.88. The van der Waals surface area contributed by atoms with E-state index in [0.717, 1.165) is 36.7 Å². The average Bonchev–Trinajstić information content (AvgIpc) is 2.99. The minimum absolute atomic E-state index is 0. The molecule has 0 bridgehead atoms. The summed E-state index contributed by atoms with van der Waals surface area (Å²) in [6, 6.07) is 5.97. The maximum absolute atomic E-state index is 5.66. The van der Waals surface area contributed by atoms with Gasteiger partial charge in [-0.15, -0.1) is 24.0 Å². The standard InChI is InChI=1S/C19H30N6O2.HI/c1-15-13-16(2)25(24-15)10-6-9-22-19(20-3)23-14-17-7-5-8-21-18(17)27-12-11-26-4;/h5,7-8,13H,6,9-12,14H2,1-4H3,(H2,20,22,23);1H. The predicted molar refractivity (Wildman–Crippen MR) is 122 cm³/mol. The summed E-state index contributed by atoms with van der Waals surface area (Å²) in [6.45, 7) is 7.36. The first kappa shape index (κ1) is 24.2. The van der Waals surface area contributed by atoms with Gasteiger partial charge in [-0.1, -0.05) is 6.07 Å². The van der Waals surface area contributed by atoms with Crippen LogP contribution in [0.15, 0.2) is 29.4 Å². The number of ether oxygens (including phenoxy) is 2. The first-order valence-electron chi connectivity index (χ1n) is 9.15. The smallest absolute Gasteiger partial charge is 0.218 e. The second kappa shape index (κ2) is 13.3. The first-order valence-corrected chi connectivity index (χ1v) is 9.15. The summed E-state index contributed by atoms with van der Waals surface area (Å²) in [7, 11) is 3.41. The third-order valence-corrected chi connectivity index (χ3v) is 3.99. The van der Waals surface area contributed by atoms with Gasteiger partial charge < -0.3 is 20.1 Å². The summed E-state index contributed by atoms with van der Waals surface area (Å²) in [4.78, 5) is 8.55. The van der Waals surface area contributed by atoms with Crippen molar-refractivity contribution in [1.82, 2.24) is 25.4 Å². The van der Waals surface area contributed by atoms with Crippen molar-refractivity contribution < 1.29 is 9.47 Å². The molecule has 0 saturated carbocycles. The van der Waals surface area contributed by atoms with Crippen molar-refractivity contribution in [3.05, 3.63) is 41.3 Å². The molecule has 0 fully saturated rings. The zero-order chi connectivity index (χ0) is 19.5. The van der Waals surface area contributed by atoms with Crippen molar-refractivity contribution in [2.75, 3.05) is 33.9 Å². The Labute approximate surface area is 184 Å². The van der Waals surface area contributed by atoms with Crippen LogP contribution in [0.25, 0.3) is 0 Å². The molecule has 0 unspecified atom stereocenters. The van der Waals surface area contributed by atoms with E-state index in [0.29, 0.717) is 25.6 Å². The first-order chi connectivity index (χ1) is 13.1. The lowest BCUT2D eigenvalue weighted by Gasteiger charge is -2.14.